The van der Waals surface area contributed by atoms with Crippen molar-refractivity contribution in [3.63, 3.8) is 0 Å². The van der Waals surface area contributed by atoms with Crippen molar-refractivity contribution in [1.29, 1.82) is 0 Å². The van der Waals surface area contributed by atoms with Crippen LogP contribution in [0.2, 0.25) is 5.02 Å². The number of amides is 1. The van der Waals surface area contributed by atoms with Gasteiger partial charge in [0.15, 0.2) is 0 Å². The topological polar surface area (TPSA) is 46.1 Å². The molecule has 1 aliphatic heterocycles. The average molecular weight is 344 g/mol. The van der Waals surface area contributed by atoms with Crippen molar-refractivity contribution in [2.24, 2.45) is 0 Å². The number of nitrogens with zero attached hydrogens (tertiary/aromatic N) is 1. The molecule has 0 bridgehead atoms. The number of halogens is 1. The Hall–Kier alpha value is -2.04. The van der Waals surface area contributed by atoms with E-state index in [2.05, 4.69) is 21.3 Å². The summed E-state index contributed by atoms with van der Waals surface area (Å²) < 4.78 is 2.06. The number of nitrogens with one attached hydrogen (secondary N) is 2. The Labute approximate surface area is 147 Å². The third-order valence-electron chi connectivity index (χ3n) is 4.38. The highest BCUT2D eigenvalue weighted by Gasteiger charge is 2.17. The minimum absolute atomic E-state index is 0.0317. The third kappa shape index (κ3) is 3.55. The second-order valence-electron chi connectivity index (χ2n) is 6.10. The molecule has 0 spiro atoms. The molecule has 3 rings (SSSR count). The van der Waals surface area contributed by atoms with E-state index >= 15 is 0 Å². The monoisotopic (exact) mass is 343 g/mol. The highest BCUT2D eigenvalue weighted by Crippen LogP contribution is 2.23. The maximum absolute atomic E-state index is 12.6. The molecule has 0 fully saturated rings. The summed E-state index contributed by atoms with van der Waals surface area (Å²) in [5.74, 6) is -0.0317. The van der Waals surface area contributed by atoms with Crippen LogP contribution in [-0.4, -0.2) is 30.1 Å². The predicted molar refractivity (Wildman–Crippen MR) is 98.2 cm³/mol. The molecular formula is C19H22ClN3O. The quantitative estimate of drug-likeness (QED) is 0.836. The first kappa shape index (κ1) is 16.8. The lowest BCUT2D eigenvalue weighted by Gasteiger charge is -2.14. The smallest absolute Gasteiger partial charge is 0.253 e. The first-order valence-corrected chi connectivity index (χ1v) is 8.56. The largest absolute Gasteiger partial charge is 0.348 e. The SMILES string of the molecule is Cc1cc(C(=O)NCC2=CCNCC2)c(C)n1-c1cccc(Cl)c1. The van der Waals surface area contributed by atoms with Gasteiger partial charge in [-0.05, 0) is 51.1 Å². The summed E-state index contributed by atoms with van der Waals surface area (Å²) in [6.45, 7) is 6.44. The minimum Gasteiger partial charge on any atom is -0.348 e. The van der Waals surface area contributed by atoms with Crippen LogP contribution in [0.3, 0.4) is 0 Å². The molecule has 0 atom stereocenters. The Morgan fingerprint density at radius 1 is 1.33 bits per heavy atom. The second-order valence-corrected chi connectivity index (χ2v) is 6.54. The van der Waals surface area contributed by atoms with E-state index in [4.69, 9.17) is 11.6 Å². The highest BCUT2D eigenvalue weighted by molar-refractivity contribution is 6.30. The molecule has 0 radical (unpaired) electrons. The van der Waals surface area contributed by atoms with Crippen LogP contribution < -0.4 is 10.6 Å². The number of rotatable bonds is 4. The van der Waals surface area contributed by atoms with E-state index in [0.29, 0.717) is 17.1 Å². The van der Waals surface area contributed by atoms with E-state index in [1.54, 1.807) is 0 Å². The molecule has 2 heterocycles. The first-order chi connectivity index (χ1) is 11.6. The zero-order valence-corrected chi connectivity index (χ0v) is 14.8. The Morgan fingerprint density at radius 3 is 2.88 bits per heavy atom. The number of hydrogen-bond donors (Lipinski definition) is 2. The van der Waals surface area contributed by atoms with Gasteiger partial charge in [-0.2, -0.15) is 0 Å². The van der Waals surface area contributed by atoms with Crippen LogP contribution in [0.1, 0.15) is 28.2 Å². The fourth-order valence-electron chi connectivity index (χ4n) is 3.12. The number of hydrogen-bond acceptors (Lipinski definition) is 2. The highest BCUT2D eigenvalue weighted by atomic mass is 35.5. The summed E-state index contributed by atoms with van der Waals surface area (Å²) in [6.07, 6.45) is 3.14. The summed E-state index contributed by atoms with van der Waals surface area (Å²) in [5.41, 5.74) is 4.90. The normalized spacial score (nSPS) is 14.4. The lowest BCUT2D eigenvalue weighted by atomic mass is 10.1. The number of aromatic nitrogens is 1. The van der Waals surface area contributed by atoms with Gasteiger partial charge in [-0.3, -0.25) is 4.79 Å². The number of carbonyl (C=O) groups is 1. The van der Waals surface area contributed by atoms with Gasteiger partial charge in [0.2, 0.25) is 0 Å². The van der Waals surface area contributed by atoms with E-state index < -0.39 is 0 Å². The van der Waals surface area contributed by atoms with Crippen molar-refractivity contribution in [2.45, 2.75) is 20.3 Å². The van der Waals surface area contributed by atoms with Gasteiger partial charge >= 0.3 is 0 Å². The minimum atomic E-state index is -0.0317. The lowest BCUT2D eigenvalue weighted by molar-refractivity contribution is 0.0956. The van der Waals surface area contributed by atoms with E-state index in [9.17, 15) is 4.79 Å². The molecule has 2 N–H and O–H groups in total. The van der Waals surface area contributed by atoms with Gasteiger partial charge in [0.25, 0.3) is 5.91 Å². The van der Waals surface area contributed by atoms with Gasteiger partial charge < -0.3 is 15.2 Å². The van der Waals surface area contributed by atoms with Gasteiger partial charge in [0.1, 0.15) is 0 Å². The number of aryl methyl sites for hydroxylation is 1. The van der Waals surface area contributed by atoms with E-state index in [1.165, 1.54) is 5.57 Å². The molecule has 126 valence electrons. The Balaban J connectivity index is 1.80. The molecule has 0 saturated heterocycles. The van der Waals surface area contributed by atoms with Crippen LogP contribution in [0.25, 0.3) is 5.69 Å². The zero-order valence-electron chi connectivity index (χ0n) is 14.0. The van der Waals surface area contributed by atoms with E-state index in [1.807, 2.05) is 44.2 Å². The molecule has 1 aromatic heterocycles. The van der Waals surface area contributed by atoms with Crippen molar-refractivity contribution in [1.82, 2.24) is 15.2 Å². The van der Waals surface area contributed by atoms with Crippen molar-refractivity contribution < 1.29 is 4.79 Å². The van der Waals surface area contributed by atoms with Crippen LogP contribution >= 0.6 is 11.6 Å². The molecule has 0 aliphatic carbocycles. The van der Waals surface area contributed by atoms with Crippen LogP contribution in [0.5, 0.6) is 0 Å². The van der Waals surface area contributed by atoms with Crippen LogP contribution in [0, 0.1) is 13.8 Å². The summed E-state index contributed by atoms with van der Waals surface area (Å²) in [7, 11) is 0. The molecule has 24 heavy (non-hydrogen) atoms. The predicted octanol–water partition coefficient (Wildman–Crippen LogP) is 3.40. The van der Waals surface area contributed by atoms with Crippen LogP contribution in [0.4, 0.5) is 0 Å². The van der Waals surface area contributed by atoms with Gasteiger partial charge in [-0.15, -0.1) is 0 Å². The fourth-order valence-corrected chi connectivity index (χ4v) is 3.31. The van der Waals surface area contributed by atoms with E-state index in [-0.39, 0.29) is 5.91 Å². The summed E-state index contributed by atoms with van der Waals surface area (Å²) >= 11 is 6.10. The zero-order chi connectivity index (χ0) is 17.1. The number of benzene rings is 1. The van der Waals surface area contributed by atoms with Gasteiger partial charge in [-0.25, -0.2) is 0 Å². The molecule has 1 amide bonds. The molecule has 2 aromatic rings. The van der Waals surface area contributed by atoms with Gasteiger partial charge in [-0.1, -0.05) is 29.3 Å². The molecule has 4 nitrogen and oxygen atoms in total. The fraction of sp³-hybridized carbons (Fsp3) is 0.316. The maximum atomic E-state index is 12.6. The van der Waals surface area contributed by atoms with Gasteiger partial charge in [0, 0.05) is 35.2 Å². The molecule has 1 aromatic carbocycles. The first-order valence-electron chi connectivity index (χ1n) is 8.18. The molecule has 0 unspecified atom stereocenters. The Bertz CT molecular complexity index is 792. The van der Waals surface area contributed by atoms with Crippen LogP contribution in [0.15, 0.2) is 42.0 Å². The summed E-state index contributed by atoms with van der Waals surface area (Å²) in [4.78, 5) is 12.6. The maximum Gasteiger partial charge on any atom is 0.253 e. The second kappa shape index (κ2) is 7.24. The van der Waals surface area contributed by atoms with E-state index in [0.717, 1.165) is 36.6 Å². The third-order valence-corrected chi connectivity index (χ3v) is 4.61. The Kier molecular flexibility index (Phi) is 5.07. The van der Waals surface area contributed by atoms with Crippen molar-refractivity contribution in [3.05, 3.63) is 64.0 Å². The molecule has 0 saturated carbocycles. The molecule has 5 heteroatoms. The summed E-state index contributed by atoms with van der Waals surface area (Å²) in [5, 5.41) is 7.00. The Morgan fingerprint density at radius 2 is 2.17 bits per heavy atom. The van der Waals surface area contributed by atoms with Crippen molar-refractivity contribution >= 4 is 17.5 Å². The average Bonchev–Trinajstić information content (AvgIpc) is 2.88. The van der Waals surface area contributed by atoms with Gasteiger partial charge in [0.05, 0.1) is 5.56 Å². The standard InChI is InChI=1S/C19H22ClN3O/c1-13-10-18(19(24)22-12-15-6-8-21-9-7-15)14(2)23(13)17-5-3-4-16(20)11-17/h3-6,10-11,21H,7-9,12H2,1-2H3,(H,22,24). The molecule has 1 aliphatic rings. The lowest BCUT2D eigenvalue weighted by Crippen LogP contribution is -2.29. The number of carbonyl (C=O) groups excluding carboxylic acids is 1. The van der Waals surface area contributed by atoms with Crippen molar-refractivity contribution in [2.75, 3.05) is 19.6 Å². The van der Waals surface area contributed by atoms with Crippen molar-refractivity contribution in [3.8, 4) is 5.69 Å². The van der Waals surface area contributed by atoms with Crippen LogP contribution in [-0.2, 0) is 0 Å². The summed E-state index contributed by atoms with van der Waals surface area (Å²) in [6, 6.07) is 9.60. The molecular weight excluding hydrogens is 322 g/mol.